The van der Waals surface area contributed by atoms with E-state index in [1.54, 1.807) is 0 Å². The zero-order valence-corrected chi connectivity index (χ0v) is 14.7. The molecule has 0 saturated carbocycles. The molecule has 2 nitrogen and oxygen atoms in total. The molecule has 1 saturated heterocycles. The zero-order chi connectivity index (χ0) is 15.0. The molecule has 0 aliphatic carbocycles. The zero-order valence-electron chi connectivity index (χ0n) is 14.7. The first-order chi connectivity index (χ1) is 9.62. The van der Waals surface area contributed by atoms with Crippen molar-refractivity contribution in [2.75, 3.05) is 19.6 Å². The molecule has 1 fully saturated rings. The van der Waals surface area contributed by atoms with E-state index in [9.17, 15) is 0 Å². The summed E-state index contributed by atoms with van der Waals surface area (Å²) < 4.78 is 0. The Kier molecular flexibility index (Phi) is 8.13. The normalized spacial score (nSPS) is 21.9. The molecule has 2 unspecified atom stereocenters. The smallest absolute Gasteiger partial charge is 0.0331 e. The van der Waals surface area contributed by atoms with Crippen molar-refractivity contribution in [1.29, 1.82) is 0 Å². The molecule has 1 aliphatic rings. The van der Waals surface area contributed by atoms with Crippen molar-refractivity contribution in [3.8, 4) is 0 Å². The van der Waals surface area contributed by atoms with Gasteiger partial charge in [-0.1, -0.05) is 47.0 Å². The predicted octanol–water partition coefficient (Wildman–Crippen LogP) is 4.45. The topological polar surface area (TPSA) is 15.3 Å². The van der Waals surface area contributed by atoms with Crippen molar-refractivity contribution >= 4 is 0 Å². The molecule has 1 aliphatic heterocycles. The van der Waals surface area contributed by atoms with Crippen LogP contribution in [0.4, 0.5) is 0 Å². The van der Waals surface area contributed by atoms with Crippen LogP contribution in [0.5, 0.6) is 0 Å². The summed E-state index contributed by atoms with van der Waals surface area (Å²) in [5.74, 6) is 0.870. The van der Waals surface area contributed by atoms with Gasteiger partial charge in [0.05, 0.1) is 0 Å². The molecule has 0 aromatic rings. The fourth-order valence-corrected chi connectivity index (χ4v) is 3.85. The third-order valence-corrected chi connectivity index (χ3v) is 5.72. The maximum Gasteiger partial charge on any atom is 0.0331 e. The van der Waals surface area contributed by atoms with Gasteiger partial charge >= 0.3 is 0 Å². The minimum Gasteiger partial charge on any atom is -0.312 e. The van der Waals surface area contributed by atoms with Gasteiger partial charge in [0.15, 0.2) is 0 Å². The summed E-state index contributed by atoms with van der Waals surface area (Å²) in [5.41, 5.74) is 0.332. The van der Waals surface area contributed by atoms with Crippen molar-refractivity contribution in [2.24, 2.45) is 5.92 Å². The number of rotatable bonds is 9. The van der Waals surface area contributed by atoms with Crippen LogP contribution in [0.3, 0.4) is 0 Å². The highest BCUT2D eigenvalue weighted by molar-refractivity contribution is 4.97. The molecule has 2 atom stereocenters. The summed E-state index contributed by atoms with van der Waals surface area (Å²) in [6, 6.07) is 0.639. The number of likely N-dealkylation sites (N-methyl/N-ethyl adjacent to an activating group) is 1. The lowest BCUT2D eigenvalue weighted by molar-refractivity contribution is 0.0349. The highest BCUT2D eigenvalue weighted by Gasteiger charge is 2.38. The van der Waals surface area contributed by atoms with Crippen LogP contribution >= 0.6 is 0 Å². The summed E-state index contributed by atoms with van der Waals surface area (Å²) in [5, 5.41) is 3.83. The quantitative estimate of drug-likeness (QED) is 0.672. The Morgan fingerprint density at radius 3 is 2.05 bits per heavy atom. The van der Waals surface area contributed by atoms with Crippen LogP contribution in [0.2, 0.25) is 0 Å². The molecule has 120 valence electrons. The standard InChI is InChI=1S/C18H38N2/c1-6-16(7-2)15-17(19-9-4)18(5,8-3)20-13-11-10-12-14-20/h16-17,19H,6-15H2,1-5H3. The maximum atomic E-state index is 3.83. The molecule has 1 N–H and O–H groups in total. The summed E-state index contributed by atoms with van der Waals surface area (Å²) in [4.78, 5) is 2.78. The van der Waals surface area contributed by atoms with Crippen LogP contribution in [0, 0.1) is 5.92 Å². The summed E-state index contributed by atoms with van der Waals surface area (Å²) in [6.45, 7) is 15.5. The molecular formula is C18H38N2. The van der Waals surface area contributed by atoms with Crippen molar-refractivity contribution in [2.45, 2.75) is 91.1 Å². The van der Waals surface area contributed by atoms with Gasteiger partial charge in [0.1, 0.15) is 0 Å². The van der Waals surface area contributed by atoms with Gasteiger partial charge in [-0.2, -0.15) is 0 Å². The van der Waals surface area contributed by atoms with Crippen molar-refractivity contribution < 1.29 is 0 Å². The SMILES string of the molecule is CCNC(CC(CC)CC)C(C)(CC)N1CCCCC1. The van der Waals surface area contributed by atoms with Gasteiger partial charge in [0.25, 0.3) is 0 Å². The van der Waals surface area contributed by atoms with Gasteiger partial charge in [-0.05, 0) is 58.2 Å². The van der Waals surface area contributed by atoms with Gasteiger partial charge < -0.3 is 5.32 Å². The molecule has 2 heteroatoms. The minimum absolute atomic E-state index is 0.332. The van der Waals surface area contributed by atoms with E-state index in [4.69, 9.17) is 0 Å². The van der Waals surface area contributed by atoms with E-state index in [1.165, 1.54) is 58.0 Å². The largest absolute Gasteiger partial charge is 0.312 e. The second kappa shape index (κ2) is 9.04. The molecule has 0 aromatic heterocycles. The van der Waals surface area contributed by atoms with Gasteiger partial charge in [-0.15, -0.1) is 0 Å². The molecule has 0 bridgehead atoms. The number of nitrogens with zero attached hydrogens (tertiary/aromatic N) is 1. The Balaban J connectivity index is 2.81. The molecule has 1 heterocycles. The molecule has 1 rings (SSSR count). The van der Waals surface area contributed by atoms with Gasteiger partial charge in [0.2, 0.25) is 0 Å². The molecule has 0 radical (unpaired) electrons. The van der Waals surface area contributed by atoms with E-state index >= 15 is 0 Å². The van der Waals surface area contributed by atoms with Crippen molar-refractivity contribution in [3.05, 3.63) is 0 Å². The average Bonchev–Trinajstić information content (AvgIpc) is 2.51. The lowest BCUT2D eigenvalue weighted by atomic mass is 9.79. The summed E-state index contributed by atoms with van der Waals surface area (Å²) >= 11 is 0. The van der Waals surface area contributed by atoms with E-state index < -0.39 is 0 Å². The fourth-order valence-electron chi connectivity index (χ4n) is 3.85. The first kappa shape index (κ1) is 18.0. The molecule has 0 amide bonds. The number of likely N-dealkylation sites (tertiary alicyclic amines) is 1. The van der Waals surface area contributed by atoms with E-state index in [1.807, 2.05) is 0 Å². The first-order valence-electron chi connectivity index (χ1n) is 9.10. The van der Waals surface area contributed by atoms with Crippen LogP contribution in [0.1, 0.15) is 79.6 Å². The highest BCUT2D eigenvalue weighted by atomic mass is 15.2. The lowest BCUT2D eigenvalue weighted by Gasteiger charge is -2.49. The fraction of sp³-hybridized carbons (Fsp3) is 1.00. The number of piperidine rings is 1. The van der Waals surface area contributed by atoms with Crippen LogP contribution in [0.15, 0.2) is 0 Å². The van der Waals surface area contributed by atoms with E-state index in [0.29, 0.717) is 11.6 Å². The number of hydrogen-bond donors (Lipinski definition) is 1. The monoisotopic (exact) mass is 282 g/mol. The Morgan fingerprint density at radius 2 is 1.60 bits per heavy atom. The highest BCUT2D eigenvalue weighted by Crippen LogP contribution is 2.31. The van der Waals surface area contributed by atoms with E-state index in [-0.39, 0.29) is 0 Å². The van der Waals surface area contributed by atoms with Crippen LogP contribution in [0.25, 0.3) is 0 Å². The molecule has 0 aromatic carbocycles. The van der Waals surface area contributed by atoms with Gasteiger partial charge in [-0.3, -0.25) is 4.90 Å². The second-order valence-corrected chi connectivity index (χ2v) is 6.79. The van der Waals surface area contributed by atoms with Gasteiger partial charge in [-0.25, -0.2) is 0 Å². The Labute approximate surface area is 127 Å². The van der Waals surface area contributed by atoms with E-state index in [0.717, 1.165) is 12.5 Å². The third-order valence-electron chi connectivity index (χ3n) is 5.72. The predicted molar refractivity (Wildman–Crippen MR) is 90.3 cm³/mol. The van der Waals surface area contributed by atoms with Crippen LogP contribution in [-0.4, -0.2) is 36.1 Å². The lowest BCUT2D eigenvalue weighted by Crippen LogP contribution is -2.60. The molecule has 20 heavy (non-hydrogen) atoms. The maximum absolute atomic E-state index is 3.83. The third kappa shape index (κ3) is 4.46. The summed E-state index contributed by atoms with van der Waals surface area (Å²) in [7, 11) is 0. The Hall–Kier alpha value is -0.0800. The van der Waals surface area contributed by atoms with Crippen molar-refractivity contribution in [1.82, 2.24) is 10.2 Å². The average molecular weight is 283 g/mol. The van der Waals surface area contributed by atoms with Crippen molar-refractivity contribution in [3.63, 3.8) is 0 Å². The molecular weight excluding hydrogens is 244 g/mol. The Bertz CT molecular complexity index is 244. The van der Waals surface area contributed by atoms with Crippen LogP contribution in [-0.2, 0) is 0 Å². The number of hydrogen-bond acceptors (Lipinski definition) is 2. The first-order valence-corrected chi connectivity index (χ1v) is 9.10. The second-order valence-electron chi connectivity index (χ2n) is 6.79. The van der Waals surface area contributed by atoms with E-state index in [2.05, 4.69) is 44.8 Å². The summed E-state index contributed by atoms with van der Waals surface area (Å²) in [6.07, 6.45) is 9.43. The molecule has 0 spiro atoms. The van der Waals surface area contributed by atoms with Crippen LogP contribution < -0.4 is 5.32 Å². The van der Waals surface area contributed by atoms with Gasteiger partial charge in [0, 0.05) is 11.6 Å². The minimum atomic E-state index is 0.332. The Morgan fingerprint density at radius 1 is 1.00 bits per heavy atom. The number of nitrogens with one attached hydrogen (secondary N) is 1.